The first kappa shape index (κ1) is 16.5. The normalized spacial score (nSPS) is 14.0. The minimum Gasteiger partial charge on any atom is -0.286 e. The number of hydrogen-bond donors (Lipinski definition) is 0. The van der Waals surface area contributed by atoms with Crippen LogP contribution in [0.15, 0.2) is 52.2 Å². The van der Waals surface area contributed by atoms with Gasteiger partial charge in [0.1, 0.15) is 0 Å². The fraction of sp³-hybridized carbons (Fsp3) is 0.188. The molecule has 0 N–H and O–H groups in total. The second-order valence-corrected chi connectivity index (χ2v) is 7.16. The highest BCUT2D eigenvalue weighted by Crippen LogP contribution is 2.26. The van der Waals surface area contributed by atoms with Crippen molar-refractivity contribution in [1.82, 2.24) is 9.88 Å². The van der Waals surface area contributed by atoms with Crippen molar-refractivity contribution in [3.8, 4) is 0 Å². The zero-order chi connectivity index (χ0) is 16.2. The summed E-state index contributed by atoms with van der Waals surface area (Å²) in [6, 6.07) is 9.18. The summed E-state index contributed by atoms with van der Waals surface area (Å²) in [5, 5.41) is 1.18. The van der Waals surface area contributed by atoms with Crippen molar-refractivity contribution in [3.63, 3.8) is 0 Å². The van der Waals surface area contributed by atoms with Crippen LogP contribution in [0.25, 0.3) is 0 Å². The topological polar surface area (TPSA) is 45.6 Å². The van der Waals surface area contributed by atoms with Crippen LogP contribution in [0.1, 0.15) is 15.9 Å². The molecule has 7 heteroatoms. The quantitative estimate of drug-likeness (QED) is 0.760. The molecular weight excluding hydrogens is 398 g/mol. The lowest BCUT2D eigenvalue weighted by Gasteiger charge is -2.18. The second-order valence-electron chi connectivity index (χ2n) is 4.90. The molecule has 0 unspecified atom stereocenters. The lowest BCUT2D eigenvalue weighted by Crippen LogP contribution is -2.33. The highest BCUT2D eigenvalue weighted by atomic mass is 79.9. The number of rotatable bonds is 3. The lowest BCUT2D eigenvalue weighted by molar-refractivity contribution is 0.0861. The molecule has 1 aromatic carbocycles. The number of halogens is 2. The molecule has 0 fully saturated rings. The molecule has 0 aliphatic carbocycles. The number of aromatic nitrogens is 1. The van der Waals surface area contributed by atoms with Gasteiger partial charge in [-0.15, -0.1) is 0 Å². The average molecular weight is 411 g/mol. The van der Waals surface area contributed by atoms with Crippen LogP contribution in [0.4, 0.5) is 0 Å². The SMILES string of the molecule is O=C(c1cc(Br)ccc1Cl)N1CCN=C1SCc1cccnc1. The first-order valence-corrected chi connectivity index (χ1v) is 9.14. The van der Waals surface area contributed by atoms with Crippen LogP contribution in [0.3, 0.4) is 0 Å². The summed E-state index contributed by atoms with van der Waals surface area (Å²) in [5.41, 5.74) is 1.58. The second kappa shape index (κ2) is 7.47. The standard InChI is InChI=1S/C16H13BrClN3OS/c17-12-3-4-14(18)13(8-12)15(22)21-7-6-20-16(21)23-10-11-2-1-5-19-9-11/h1-5,8-9H,6-7,10H2. The van der Waals surface area contributed by atoms with E-state index in [0.29, 0.717) is 23.7 Å². The number of pyridine rings is 1. The molecule has 0 radical (unpaired) electrons. The van der Waals surface area contributed by atoms with Gasteiger partial charge >= 0.3 is 0 Å². The molecule has 0 atom stereocenters. The third-order valence-corrected chi connectivity index (χ3v) is 5.20. The minimum atomic E-state index is -0.119. The van der Waals surface area contributed by atoms with Crippen molar-refractivity contribution in [2.45, 2.75) is 5.75 Å². The van der Waals surface area contributed by atoms with Gasteiger partial charge < -0.3 is 0 Å². The summed E-state index contributed by atoms with van der Waals surface area (Å²) in [7, 11) is 0. The Morgan fingerprint density at radius 1 is 1.39 bits per heavy atom. The molecule has 1 amide bonds. The van der Waals surface area contributed by atoms with Crippen LogP contribution in [-0.4, -0.2) is 34.0 Å². The van der Waals surface area contributed by atoms with E-state index in [1.54, 1.807) is 23.2 Å². The van der Waals surface area contributed by atoms with Crippen molar-refractivity contribution in [1.29, 1.82) is 0 Å². The monoisotopic (exact) mass is 409 g/mol. The Hall–Kier alpha value is -1.37. The number of hydrogen-bond acceptors (Lipinski definition) is 4. The van der Waals surface area contributed by atoms with E-state index in [0.717, 1.165) is 21.0 Å². The van der Waals surface area contributed by atoms with Gasteiger partial charge in [0.05, 0.1) is 17.1 Å². The first-order chi connectivity index (χ1) is 11.1. The van der Waals surface area contributed by atoms with Crippen LogP contribution in [0.2, 0.25) is 5.02 Å². The minimum absolute atomic E-state index is 0.119. The van der Waals surface area contributed by atoms with Gasteiger partial charge in [0, 0.05) is 29.2 Å². The molecule has 1 aliphatic rings. The van der Waals surface area contributed by atoms with E-state index < -0.39 is 0 Å². The highest BCUT2D eigenvalue weighted by molar-refractivity contribution is 9.10. The molecule has 4 nitrogen and oxygen atoms in total. The molecule has 118 valence electrons. The van der Waals surface area contributed by atoms with E-state index in [-0.39, 0.29) is 5.91 Å². The van der Waals surface area contributed by atoms with Gasteiger partial charge in [0.25, 0.3) is 5.91 Å². The number of carbonyl (C=O) groups is 1. The number of carbonyl (C=O) groups excluding carboxylic acids is 1. The number of benzene rings is 1. The van der Waals surface area contributed by atoms with Gasteiger partial charge in [-0.1, -0.05) is 45.4 Å². The van der Waals surface area contributed by atoms with Gasteiger partial charge in [-0.3, -0.25) is 19.7 Å². The van der Waals surface area contributed by atoms with Gasteiger partial charge in [0.2, 0.25) is 0 Å². The first-order valence-electron chi connectivity index (χ1n) is 6.98. The Morgan fingerprint density at radius 2 is 2.26 bits per heavy atom. The maximum Gasteiger partial charge on any atom is 0.261 e. The Balaban J connectivity index is 1.73. The number of amides is 1. The molecule has 0 saturated heterocycles. The molecule has 2 heterocycles. The zero-order valence-corrected chi connectivity index (χ0v) is 15.2. The van der Waals surface area contributed by atoms with Gasteiger partial charge in [-0.25, -0.2) is 0 Å². The third-order valence-electron chi connectivity index (χ3n) is 3.30. The number of amidine groups is 1. The summed E-state index contributed by atoms with van der Waals surface area (Å²) in [6.07, 6.45) is 3.56. The molecular formula is C16H13BrClN3OS. The Bertz CT molecular complexity index is 754. The molecule has 2 aromatic rings. The Kier molecular flexibility index (Phi) is 5.35. The van der Waals surface area contributed by atoms with E-state index in [4.69, 9.17) is 11.6 Å². The van der Waals surface area contributed by atoms with E-state index in [9.17, 15) is 4.79 Å². The fourth-order valence-electron chi connectivity index (χ4n) is 2.18. The van der Waals surface area contributed by atoms with Gasteiger partial charge in [-0.05, 0) is 29.8 Å². The van der Waals surface area contributed by atoms with Crippen LogP contribution in [-0.2, 0) is 5.75 Å². The molecule has 1 aliphatic heterocycles. The fourth-order valence-corrected chi connectivity index (χ4v) is 3.72. The van der Waals surface area contributed by atoms with Crippen LogP contribution in [0, 0.1) is 0 Å². The van der Waals surface area contributed by atoms with Crippen LogP contribution >= 0.6 is 39.3 Å². The molecule has 3 rings (SSSR count). The van der Waals surface area contributed by atoms with Crippen LogP contribution < -0.4 is 0 Å². The van der Waals surface area contributed by atoms with E-state index in [2.05, 4.69) is 25.9 Å². The van der Waals surface area contributed by atoms with Gasteiger partial charge in [0.15, 0.2) is 5.17 Å². The number of aliphatic imine (C=N–C) groups is 1. The molecule has 23 heavy (non-hydrogen) atoms. The van der Waals surface area contributed by atoms with E-state index in [1.165, 1.54) is 11.8 Å². The molecule has 0 spiro atoms. The Labute approximate surface area is 152 Å². The average Bonchev–Trinajstić information content (AvgIpc) is 3.04. The van der Waals surface area contributed by atoms with E-state index in [1.807, 2.05) is 24.4 Å². The van der Waals surface area contributed by atoms with Crippen molar-refractivity contribution < 1.29 is 4.79 Å². The third kappa shape index (κ3) is 3.94. The number of thioether (sulfide) groups is 1. The van der Waals surface area contributed by atoms with Gasteiger partial charge in [-0.2, -0.15) is 0 Å². The molecule has 0 bridgehead atoms. The molecule has 0 saturated carbocycles. The maximum absolute atomic E-state index is 12.8. The zero-order valence-electron chi connectivity index (χ0n) is 12.1. The van der Waals surface area contributed by atoms with Crippen molar-refractivity contribution >= 4 is 50.4 Å². The highest BCUT2D eigenvalue weighted by Gasteiger charge is 2.26. The Morgan fingerprint density at radius 3 is 3.04 bits per heavy atom. The summed E-state index contributed by atoms with van der Waals surface area (Å²) in [4.78, 5) is 23.0. The van der Waals surface area contributed by atoms with E-state index >= 15 is 0 Å². The lowest BCUT2D eigenvalue weighted by atomic mass is 10.2. The smallest absolute Gasteiger partial charge is 0.261 e. The van der Waals surface area contributed by atoms with Crippen LogP contribution in [0.5, 0.6) is 0 Å². The largest absolute Gasteiger partial charge is 0.286 e. The maximum atomic E-state index is 12.8. The summed E-state index contributed by atoms with van der Waals surface area (Å²) >= 11 is 11.1. The summed E-state index contributed by atoms with van der Waals surface area (Å²) in [5.74, 6) is 0.606. The summed E-state index contributed by atoms with van der Waals surface area (Å²) in [6.45, 7) is 1.20. The predicted octanol–water partition coefficient (Wildman–Crippen LogP) is 4.24. The predicted molar refractivity (Wildman–Crippen MR) is 98.0 cm³/mol. The molecule has 1 aromatic heterocycles. The van der Waals surface area contributed by atoms with Crippen molar-refractivity contribution in [2.24, 2.45) is 4.99 Å². The number of nitrogens with zero attached hydrogens (tertiary/aromatic N) is 3. The van der Waals surface area contributed by atoms with Crippen molar-refractivity contribution in [2.75, 3.05) is 13.1 Å². The van der Waals surface area contributed by atoms with Crippen molar-refractivity contribution in [3.05, 3.63) is 63.3 Å². The summed E-state index contributed by atoms with van der Waals surface area (Å²) < 4.78 is 0.825.